The number of aryl methyl sites for hydroxylation is 1. The average Bonchev–Trinajstić information content (AvgIpc) is 2.94. The molecule has 2 fully saturated rings. The molecule has 0 atom stereocenters. The van der Waals surface area contributed by atoms with Crippen molar-refractivity contribution in [3.05, 3.63) is 28.8 Å². The quantitative estimate of drug-likeness (QED) is 0.798. The summed E-state index contributed by atoms with van der Waals surface area (Å²) < 4.78 is 30.9. The molecule has 0 amide bonds. The summed E-state index contributed by atoms with van der Waals surface area (Å²) in [7, 11) is -1.41. The molecule has 4 rings (SSSR count). The zero-order valence-corrected chi connectivity index (χ0v) is 16.7. The second-order valence-corrected chi connectivity index (χ2v) is 10.2. The molecule has 1 saturated carbocycles. The fraction of sp³-hybridized carbons (Fsp3) is 0.684. The molecule has 0 spiro atoms. The van der Waals surface area contributed by atoms with Crippen molar-refractivity contribution in [3.8, 4) is 0 Å². The van der Waals surface area contributed by atoms with E-state index >= 15 is 0 Å². The van der Waals surface area contributed by atoms with Crippen LogP contribution in [0.4, 0.5) is 0 Å². The summed E-state index contributed by atoms with van der Waals surface area (Å²) >= 11 is 0. The smallest absolute Gasteiger partial charge is 0.293 e. The number of rotatable bonds is 4. The van der Waals surface area contributed by atoms with Gasteiger partial charge in [0.05, 0.1) is 10.8 Å². The molecule has 0 N–H and O–H groups in total. The van der Waals surface area contributed by atoms with E-state index in [1.807, 2.05) is 12.1 Å². The van der Waals surface area contributed by atoms with Gasteiger partial charge >= 0.3 is 5.69 Å². The van der Waals surface area contributed by atoms with Crippen LogP contribution in [-0.4, -0.2) is 45.2 Å². The van der Waals surface area contributed by atoms with Crippen molar-refractivity contribution in [2.45, 2.75) is 56.7 Å². The van der Waals surface area contributed by atoms with Crippen molar-refractivity contribution in [3.63, 3.8) is 0 Å². The third-order valence-corrected chi connectivity index (χ3v) is 8.65. The topological polar surface area (TPSA) is 77.2 Å². The molecule has 1 aliphatic carbocycles. The highest BCUT2D eigenvalue weighted by molar-refractivity contribution is 7.89. The summed E-state index contributed by atoms with van der Waals surface area (Å²) in [6, 6.07) is 3.74. The summed E-state index contributed by atoms with van der Waals surface area (Å²) in [5, 5.41) is -0.187. The highest BCUT2D eigenvalue weighted by Gasteiger charge is 2.35. The highest BCUT2D eigenvalue weighted by Crippen LogP contribution is 2.29. The van der Waals surface area contributed by atoms with Crippen molar-refractivity contribution >= 4 is 21.2 Å². The molecule has 0 bridgehead atoms. The van der Waals surface area contributed by atoms with Crippen LogP contribution in [0.1, 0.15) is 44.9 Å². The Kier molecular flexibility index (Phi) is 5.11. The first-order valence-corrected chi connectivity index (χ1v) is 11.5. The number of hydrogen-bond acceptors (Lipinski definition) is 4. The fourth-order valence-electron chi connectivity index (χ4n) is 4.58. The monoisotopic (exact) mass is 392 g/mol. The van der Waals surface area contributed by atoms with E-state index in [0.29, 0.717) is 31.2 Å². The van der Waals surface area contributed by atoms with E-state index in [1.165, 1.54) is 0 Å². The molecule has 3 heterocycles. The predicted molar refractivity (Wildman–Crippen MR) is 105 cm³/mol. The van der Waals surface area contributed by atoms with Crippen LogP contribution >= 0.6 is 0 Å². The Morgan fingerprint density at radius 1 is 1.11 bits per heavy atom. The van der Waals surface area contributed by atoms with Crippen LogP contribution in [0.15, 0.2) is 23.1 Å². The lowest BCUT2D eigenvalue weighted by Gasteiger charge is -2.34. The number of piperidine rings is 1. The van der Waals surface area contributed by atoms with E-state index in [1.54, 1.807) is 26.7 Å². The van der Waals surface area contributed by atoms with Crippen LogP contribution in [0.25, 0.3) is 11.2 Å². The van der Waals surface area contributed by atoms with Gasteiger partial charge in [-0.1, -0.05) is 19.3 Å². The molecule has 0 aromatic carbocycles. The van der Waals surface area contributed by atoms with E-state index < -0.39 is 10.0 Å². The van der Waals surface area contributed by atoms with Gasteiger partial charge in [0.15, 0.2) is 5.65 Å². The van der Waals surface area contributed by atoms with Crippen LogP contribution in [0.2, 0.25) is 0 Å². The minimum Gasteiger partial charge on any atom is -0.293 e. The van der Waals surface area contributed by atoms with Gasteiger partial charge in [-0.2, -0.15) is 0 Å². The highest BCUT2D eigenvalue weighted by atomic mass is 32.2. The molecule has 8 heteroatoms. The molecule has 0 unspecified atom stereocenters. The Labute approximate surface area is 160 Å². The molecular formula is C19H28N4O3S. The lowest BCUT2D eigenvalue weighted by atomic mass is 9.98. The van der Waals surface area contributed by atoms with E-state index in [9.17, 15) is 13.2 Å². The third kappa shape index (κ3) is 3.45. The summed E-state index contributed by atoms with van der Waals surface area (Å²) in [6.45, 7) is 1.73. The Morgan fingerprint density at radius 2 is 1.81 bits per heavy atom. The molecular weight excluding hydrogens is 364 g/mol. The van der Waals surface area contributed by atoms with Crippen LogP contribution < -0.4 is 5.69 Å². The zero-order chi connectivity index (χ0) is 19.0. The molecule has 2 aromatic heterocycles. The molecule has 2 aromatic rings. The van der Waals surface area contributed by atoms with E-state index in [-0.39, 0.29) is 10.9 Å². The number of imidazole rings is 1. The molecule has 27 heavy (non-hydrogen) atoms. The summed E-state index contributed by atoms with van der Waals surface area (Å²) in [6.07, 6.45) is 8.11. The maximum Gasteiger partial charge on any atom is 0.330 e. The number of aromatic nitrogens is 3. The number of sulfonamides is 1. The van der Waals surface area contributed by atoms with E-state index in [2.05, 4.69) is 4.98 Å². The van der Waals surface area contributed by atoms with E-state index in [4.69, 9.17) is 0 Å². The van der Waals surface area contributed by atoms with E-state index in [0.717, 1.165) is 50.5 Å². The number of pyridine rings is 1. The molecule has 148 valence electrons. The SMILES string of the molecule is Cn1c(=O)n(CC2CCN(S(=O)(=O)C3CCCCC3)CC2)c2ncccc21. The number of fused-ring (bicyclic) bond motifs is 1. The third-order valence-electron chi connectivity index (χ3n) is 6.25. The first kappa shape index (κ1) is 18.7. The van der Waals surface area contributed by atoms with Gasteiger partial charge in [-0.05, 0) is 43.7 Å². The Morgan fingerprint density at radius 3 is 2.52 bits per heavy atom. The molecule has 7 nitrogen and oxygen atoms in total. The first-order chi connectivity index (χ1) is 13.0. The summed E-state index contributed by atoms with van der Waals surface area (Å²) in [5.74, 6) is 0.299. The summed E-state index contributed by atoms with van der Waals surface area (Å²) in [5.41, 5.74) is 1.49. The standard InChI is InChI=1S/C19H28N4O3S/c1-21-17-8-5-11-20-18(17)23(19(21)24)14-15-9-12-22(13-10-15)27(25,26)16-6-3-2-4-7-16/h5,8,11,15-16H,2-4,6-7,9-10,12-14H2,1H3. The maximum absolute atomic E-state index is 12.9. The predicted octanol–water partition coefficient (Wildman–Crippen LogP) is 2.11. The van der Waals surface area contributed by atoms with Gasteiger partial charge in [0, 0.05) is 32.9 Å². The van der Waals surface area contributed by atoms with Gasteiger partial charge in [0.25, 0.3) is 0 Å². The van der Waals surface area contributed by atoms with Crippen LogP contribution in [0, 0.1) is 5.92 Å². The van der Waals surface area contributed by atoms with Gasteiger partial charge in [-0.3, -0.25) is 9.13 Å². The summed E-state index contributed by atoms with van der Waals surface area (Å²) in [4.78, 5) is 17.0. The van der Waals surface area contributed by atoms with Crippen molar-refractivity contribution in [1.82, 2.24) is 18.4 Å². The molecule has 0 radical (unpaired) electrons. The minimum absolute atomic E-state index is 0.0547. The van der Waals surface area contributed by atoms with Gasteiger partial charge < -0.3 is 0 Å². The normalized spacial score (nSPS) is 21.1. The van der Waals surface area contributed by atoms with Gasteiger partial charge in [-0.15, -0.1) is 0 Å². The van der Waals surface area contributed by atoms with Crippen molar-refractivity contribution in [1.29, 1.82) is 0 Å². The van der Waals surface area contributed by atoms with Crippen molar-refractivity contribution in [2.75, 3.05) is 13.1 Å². The van der Waals surface area contributed by atoms with Gasteiger partial charge in [0.2, 0.25) is 10.0 Å². The Hall–Kier alpha value is -1.67. The lowest BCUT2D eigenvalue weighted by molar-refractivity contribution is 0.249. The molecule has 1 aliphatic heterocycles. The van der Waals surface area contributed by atoms with Crippen LogP contribution in [0.5, 0.6) is 0 Å². The second-order valence-electron chi connectivity index (χ2n) is 7.95. The number of nitrogens with zero attached hydrogens (tertiary/aromatic N) is 4. The minimum atomic E-state index is -3.17. The Balaban J connectivity index is 1.45. The number of hydrogen-bond donors (Lipinski definition) is 0. The van der Waals surface area contributed by atoms with Gasteiger partial charge in [-0.25, -0.2) is 22.5 Å². The molecule has 2 aliphatic rings. The maximum atomic E-state index is 12.9. The van der Waals surface area contributed by atoms with Crippen molar-refractivity contribution < 1.29 is 8.42 Å². The second kappa shape index (κ2) is 7.39. The Bertz CT molecular complexity index is 964. The lowest BCUT2D eigenvalue weighted by Crippen LogP contribution is -2.44. The molecule has 1 saturated heterocycles. The largest absolute Gasteiger partial charge is 0.330 e. The van der Waals surface area contributed by atoms with Gasteiger partial charge in [0.1, 0.15) is 0 Å². The first-order valence-electron chi connectivity index (χ1n) is 9.97. The van der Waals surface area contributed by atoms with Crippen LogP contribution in [-0.2, 0) is 23.6 Å². The average molecular weight is 393 g/mol. The van der Waals surface area contributed by atoms with Crippen LogP contribution in [0.3, 0.4) is 0 Å². The zero-order valence-electron chi connectivity index (χ0n) is 15.9. The van der Waals surface area contributed by atoms with Crippen molar-refractivity contribution in [2.24, 2.45) is 13.0 Å². The fourth-order valence-corrected chi connectivity index (χ4v) is 6.65.